The number of rotatable bonds is 3. The van der Waals surface area contributed by atoms with Gasteiger partial charge in [-0.25, -0.2) is 0 Å². The molecule has 2 aliphatic rings. The van der Waals surface area contributed by atoms with Crippen molar-refractivity contribution in [3.05, 3.63) is 20.8 Å². The standard InChI is InChI=1S/C16H25BrN2S/c1-16(2,3)15-9-19(8-13-6-12(17)10-20-13)14(7-18-15)11-4-5-11/h6,10-11,14-15,18H,4-5,7-9H2,1-3H3. The molecule has 1 saturated carbocycles. The Morgan fingerprint density at radius 2 is 2.15 bits per heavy atom. The van der Waals surface area contributed by atoms with E-state index in [0.29, 0.717) is 11.5 Å². The van der Waals surface area contributed by atoms with E-state index in [2.05, 4.69) is 58.4 Å². The van der Waals surface area contributed by atoms with Gasteiger partial charge in [-0.15, -0.1) is 11.3 Å². The normalized spacial score (nSPS) is 28.8. The Morgan fingerprint density at radius 1 is 1.40 bits per heavy atom. The van der Waals surface area contributed by atoms with Crippen LogP contribution in [0.2, 0.25) is 0 Å². The minimum Gasteiger partial charge on any atom is -0.311 e. The molecule has 2 unspecified atom stereocenters. The quantitative estimate of drug-likeness (QED) is 0.876. The Morgan fingerprint density at radius 3 is 2.70 bits per heavy atom. The van der Waals surface area contributed by atoms with Gasteiger partial charge in [0.1, 0.15) is 0 Å². The van der Waals surface area contributed by atoms with Crippen molar-refractivity contribution in [2.24, 2.45) is 11.3 Å². The lowest BCUT2D eigenvalue weighted by Crippen LogP contribution is -2.60. The van der Waals surface area contributed by atoms with Crippen molar-refractivity contribution >= 4 is 27.3 Å². The maximum atomic E-state index is 3.80. The fourth-order valence-corrected chi connectivity index (χ4v) is 4.65. The molecule has 2 fully saturated rings. The highest BCUT2D eigenvalue weighted by molar-refractivity contribution is 9.10. The van der Waals surface area contributed by atoms with Crippen molar-refractivity contribution in [2.75, 3.05) is 13.1 Å². The van der Waals surface area contributed by atoms with Gasteiger partial charge in [-0.05, 0) is 46.2 Å². The second kappa shape index (κ2) is 5.71. The summed E-state index contributed by atoms with van der Waals surface area (Å²) in [5.74, 6) is 0.937. The van der Waals surface area contributed by atoms with E-state index in [0.717, 1.165) is 18.5 Å². The topological polar surface area (TPSA) is 15.3 Å². The van der Waals surface area contributed by atoms with Gasteiger partial charge in [-0.2, -0.15) is 0 Å². The lowest BCUT2D eigenvalue weighted by molar-refractivity contribution is 0.0697. The van der Waals surface area contributed by atoms with E-state index in [1.165, 1.54) is 35.3 Å². The summed E-state index contributed by atoms with van der Waals surface area (Å²) in [5.41, 5.74) is 0.336. The highest BCUT2D eigenvalue weighted by atomic mass is 79.9. The summed E-state index contributed by atoms with van der Waals surface area (Å²) >= 11 is 5.45. The molecule has 2 nitrogen and oxygen atoms in total. The predicted octanol–water partition coefficient (Wildman–Crippen LogP) is 4.11. The zero-order chi connectivity index (χ0) is 14.3. The summed E-state index contributed by atoms with van der Waals surface area (Å²) in [6.07, 6.45) is 2.86. The zero-order valence-electron chi connectivity index (χ0n) is 12.7. The van der Waals surface area contributed by atoms with Crippen LogP contribution in [0.4, 0.5) is 0 Å². The van der Waals surface area contributed by atoms with Crippen LogP contribution >= 0.6 is 27.3 Å². The molecule has 1 aliphatic carbocycles. The Hall–Kier alpha value is 0.1000. The molecule has 2 heterocycles. The molecule has 4 heteroatoms. The van der Waals surface area contributed by atoms with Crippen LogP contribution < -0.4 is 5.32 Å². The number of nitrogens with one attached hydrogen (secondary N) is 1. The molecule has 0 spiro atoms. The van der Waals surface area contributed by atoms with E-state index in [1.807, 2.05) is 11.3 Å². The number of hydrogen-bond donors (Lipinski definition) is 1. The monoisotopic (exact) mass is 356 g/mol. The fourth-order valence-electron chi connectivity index (χ4n) is 3.17. The van der Waals surface area contributed by atoms with Gasteiger partial charge in [-0.1, -0.05) is 20.8 Å². The van der Waals surface area contributed by atoms with Crippen LogP contribution in [0, 0.1) is 11.3 Å². The van der Waals surface area contributed by atoms with E-state index < -0.39 is 0 Å². The van der Waals surface area contributed by atoms with Crippen molar-refractivity contribution in [3.8, 4) is 0 Å². The van der Waals surface area contributed by atoms with Crippen LogP contribution in [-0.2, 0) is 6.54 Å². The first-order valence-corrected chi connectivity index (χ1v) is 9.31. The summed E-state index contributed by atoms with van der Waals surface area (Å²) in [4.78, 5) is 4.22. The molecule has 1 saturated heterocycles. The first-order valence-electron chi connectivity index (χ1n) is 7.64. The molecule has 0 bridgehead atoms. The number of nitrogens with zero attached hydrogens (tertiary/aromatic N) is 1. The van der Waals surface area contributed by atoms with Crippen LogP contribution in [0.3, 0.4) is 0 Å². The highest BCUT2D eigenvalue weighted by Crippen LogP contribution is 2.38. The molecular formula is C16H25BrN2S. The van der Waals surface area contributed by atoms with Gasteiger partial charge in [-0.3, -0.25) is 4.90 Å². The summed E-state index contributed by atoms with van der Waals surface area (Å²) in [5, 5.41) is 6.00. The summed E-state index contributed by atoms with van der Waals surface area (Å²) in [7, 11) is 0. The highest BCUT2D eigenvalue weighted by Gasteiger charge is 2.41. The predicted molar refractivity (Wildman–Crippen MR) is 90.2 cm³/mol. The van der Waals surface area contributed by atoms with Gasteiger partial charge < -0.3 is 5.32 Å². The van der Waals surface area contributed by atoms with Crippen LogP contribution in [0.1, 0.15) is 38.5 Å². The van der Waals surface area contributed by atoms with Crippen molar-refractivity contribution in [1.82, 2.24) is 10.2 Å². The van der Waals surface area contributed by atoms with Crippen molar-refractivity contribution in [1.29, 1.82) is 0 Å². The van der Waals surface area contributed by atoms with Crippen molar-refractivity contribution in [3.63, 3.8) is 0 Å². The fraction of sp³-hybridized carbons (Fsp3) is 0.750. The largest absolute Gasteiger partial charge is 0.311 e. The lowest BCUT2D eigenvalue weighted by atomic mass is 9.84. The summed E-state index contributed by atoms with van der Waals surface area (Å²) < 4.78 is 1.22. The van der Waals surface area contributed by atoms with Crippen molar-refractivity contribution < 1.29 is 0 Å². The van der Waals surface area contributed by atoms with Gasteiger partial charge in [0.15, 0.2) is 0 Å². The minimum absolute atomic E-state index is 0.336. The lowest BCUT2D eigenvalue weighted by Gasteiger charge is -2.45. The van der Waals surface area contributed by atoms with Gasteiger partial charge in [0.2, 0.25) is 0 Å². The van der Waals surface area contributed by atoms with E-state index in [4.69, 9.17) is 0 Å². The Kier molecular flexibility index (Phi) is 4.29. The third kappa shape index (κ3) is 3.46. The minimum atomic E-state index is 0.336. The first-order chi connectivity index (χ1) is 9.43. The number of halogens is 1. The summed E-state index contributed by atoms with van der Waals surface area (Å²) in [6, 6.07) is 3.62. The Labute approximate surface area is 135 Å². The molecule has 0 amide bonds. The molecule has 0 radical (unpaired) electrons. The SMILES string of the molecule is CC(C)(C)C1CN(Cc2cc(Br)cs2)C(C2CC2)CN1. The Bertz CT molecular complexity index is 461. The third-order valence-corrected chi connectivity index (χ3v) is 6.33. The van der Waals surface area contributed by atoms with Crippen LogP contribution in [0.5, 0.6) is 0 Å². The maximum absolute atomic E-state index is 3.80. The second-order valence-electron chi connectivity index (χ2n) is 7.39. The number of hydrogen-bond acceptors (Lipinski definition) is 3. The van der Waals surface area contributed by atoms with Gasteiger partial charge >= 0.3 is 0 Å². The van der Waals surface area contributed by atoms with Gasteiger partial charge in [0.25, 0.3) is 0 Å². The average molecular weight is 357 g/mol. The molecule has 20 heavy (non-hydrogen) atoms. The molecule has 3 rings (SSSR count). The molecule has 0 aromatic carbocycles. The second-order valence-corrected chi connectivity index (χ2v) is 9.30. The number of piperazine rings is 1. The van der Waals surface area contributed by atoms with Crippen LogP contribution in [-0.4, -0.2) is 30.1 Å². The van der Waals surface area contributed by atoms with E-state index >= 15 is 0 Å². The average Bonchev–Trinajstić information content (AvgIpc) is 3.12. The van der Waals surface area contributed by atoms with Gasteiger partial charge in [0, 0.05) is 46.4 Å². The zero-order valence-corrected chi connectivity index (χ0v) is 15.1. The van der Waals surface area contributed by atoms with E-state index in [-0.39, 0.29) is 0 Å². The number of thiophene rings is 1. The first kappa shape index (κ1) is 15.0. The Balaban J connectivity index is 1.71. The van der Waals surface area contributed by atoms with Crippen molar-refractivity contribution in [2.45, 2.75) is 52.2 Å². The van der Waals surface area contributed by atoms with E-state index in [9.17, 15) is 0 Å². The molecule has 2 atom stereocenters. The molecule has 1 aromatic rings. The van der Waals surface area contributed by atoms with Gasteiger partial charge in [0.05, 0.1) is 0 Å². The molecule has 112 valence electrons. The summed E-state index contributed by atoms with van der Waals surface area (Å²) in [6.45, 7) is 10.5. The smallest absolute Gasteiger partial charge is 0.0332 e. The molecule has 1 aromatic heterocycles. The van der Waals surface area contributed by atoms with Crippen LogP contribution in [0.15, 0.2) is 15.9 Å². The third-order valence-electron chi connectivity index (χ3n) is 4.65. The molecular weight excluding hydrogens is 332 g/mol. The van der Waals surface area contributed by atoms with E-state index in [1.54, 1.807) is 0 Å². The molecule has 1 aliphatic heterocycles. The molecule has 1 N–H and O–H groups in total. The van der Waals surface area contributed by atoms with Crippen LogP contribution in [0.25, 0.3) is 0 Å². The maximum Gasteiger partial charge on any atom is 0.0332 e.